The summed E-state index contributed by atoms with van der Waals surface area (Å²) in [6.45, 7) is 8.88. The van der Waals surface area contributed by atoms with Gasteiger partial charge in [-0.2, -0.15) is 5.10 Å². The third-order valence-corrected chi connectivity index (χ3v) is 4.81. The molecule has 2 N–H and O–H groups in total. The minimum Gasteiger partial charge on any atom is -0.491 e. The Morgan fingerprint density at radius 3 is 2.72 bits per heavy atom. The SMILES string of the molecule is Cc1ccc(C)c(OCC(O)CN2CCC(c3n[nH]c(C)n3)CC2)c1. The Bertz CT molecular complexity index is 692. The molecule has 1 atom stereocenters. The molecule has 3 rings (SSSR count). The zero-order valence-electron chi connectivity index (χ0n) is 15.3. The van der Waals surface area contributed by atoms with E-state index in [4.69, 9.17) is 4.74 Å². The Balaban J connectivity index is 1.43. The standard InChI is InChI=1S/C19H28N4O2/c1-13-4-5-14(2)18(10-13)25-12-17(24)11-23-8-6-16(7-9-23)19-20-15(3)21-22-19/h4-5,10,16-17,24H,6-9,11-12H2,1-3H3,(H,20,21,22). The molecule has 0 spiro atoms. The Kier molecular flexibility index (Phi) is 5.71. The Labute approximate surface area is 149 Å². The molecule has 1 saturated heterocycles. The molecule has 136 valence electrons. The van der Waals surface area contributed by atoms with Gasteiger partial charge >= 0.3 is 0 Å². The third-order valence-electron chi connectivity index (χ3n) is 4.81. The van der Waals surface area contributed by atoms with Crippen LogP contribution in [0.3, 0.4) is 0 Å². The number of aliphatic hydroxyl groups is 1. The van der Waals surface area contributed by atoms with Gasteiger partial charge in [0.1, 0.15) is 24.3 Å². The molecule has 2 aromatic rings. The van der Waals surface area contributed by atoms with Crippen molar-refractivity contribution < 1.29 is 9.84 Å². The molecule has 0 saturated carbocycles. The summed E-state index contributed by atoms with van der Waals surface area (Å²) < 4.78 is 5.81. The van der Waals surface area contributed by atoms with Crippen LogP contribution in [0.25, 0.3) is 0 Å². The number of nitrogens with one attached hydrogen (secondary N) is 1. The van der Waals surface area contributed by atoms with Gasteiger partial charge < -0.3 is 14.7 Å². The maximum absolute atomic E-state index is 10.3. The van der Waals surface area contributed by atoms with E-state index >= 15 is 0 Å². The lowest BCUT2D eigenvalue weighted by atomic mass is 9.96. The second-order valence-corrected chi connectivity index (χ2v) is 7.09. The van der Waals surface area contributed by atoms with E-state index < -0.39 is 6.10 Å². The van der Waals surface area contributed by atoms with Crippen molar-refractivity contribution in [2.45, 2.75) is 45.6 Å². The summed E-state index contributed by atoms with van der Waals surface area (Å²) in [5, 5.41) is 17.5. The van der Waals surface area contributed by atoms with E-state index in [1.165, 1.54) is 5.56 Å². The predicted molar refractivity (Wildman–Crippen MR) is 97.0 cm³/mol. The van der Waals surface area contributed by atoms with Crippen molar-refractivity contribution in [1.29, 1.82) is 0 Å². The van der Waals surface area contributed by atoms with E-state index in [0.717, 1.165) is 48.9 Å². The summed E-state index contributed by atoms with van der Waals surface area (Å²) in [5.41, 5.74) is 2.26. The fourth-order valence-corrected chi connectivity index (χ4v) is 3.32. The third kappa shape index (κ3) is 4.80. The Morgan fingerprint density at radius 1 is 1.28 bits per heavy atom. The van der Waals surface area contributed by atoms with Crippen LogP contribution in [0, 0.1) is 20.8 Å². The lowest BCUT2D eigenvalue weighted by molar-refractivity contribution is 0.0589. The van der Waals surface area contributed by atoms with Crippen LogP contribution in [-0.2, 0) is 0 Å². The number of ether oxygens (including phenoxy) is 1. The number of aromatic amines is 1. The van der Waals surface area contributed by atoms with E-state index in [0.29, 0.717) is 19.1 Å². The monoisotopic (exact) mass is 344 g/mol. The minimum atomic E-state index is -0.484. The average Bonchev–Trinajstić information content (AvgIpc) is 3.03. The lowest BCUT2D eigenvalue weighted by Gasteiger charge is -2.32. The molecule has 0 bridgehead atoms. The van der Waals surface area contributed by atoms with E-state index in [-0.39, 0.29) is 0 Å². The summed E-state index contributed by atoms with van der Waals surface area (Å²) in [7, 11) is 0. The summed E-state index contributed by atoms with van der Waals surface area (Å²) in [6.07, 6.45) is 1.58. The molecule has 1 fully saturated rings. The van der Waals surface area contributed by atoms with Crippen molar-refractivity contribution in [2.24, 2.45) is 0 Å². The van der Waals surface area contributed by atoms with Crippen LogP contribution in [0.5, 0.6) is 5.75 Å². The molecule has 1 unspecified atom stereocenters. The smallest absolute Gasteiger partial charge is 0.153 e. The molecule has 1 aromatic heterocycles. The first-order valence-electron chi connectivity index (χ1n) is 9.00. The molecular formula is C19H28N4O2. The molecule has 2 heterocycles. The molecular weight excluding hydrogens is 316 g/mol. The summed E-state index contributed by atoms with van der Waals surface area (Å²) >= 11 is 0. The highest BCUT2D eigenvalue weighted by molar-refractivity contribution is 5.35. The summed E-state index contributed by atoms with van der Waals surface area (Å²) in [6, 6.07) is 6.14. The second-order valence-electron chi connectivity index (χ2n) is 7.09. The van der Waals surface area contributed by atoms with Gasteiger partial charge in [0, 0.05) is 12.5 Å². The van der Waals surface area contributed by atoms with Crippen molar-refractivity contribution in [3.05, 3.63) is 41.0 Å². The predicted octanol–water partition coefficient (Wildman–Crippen LogP) is 2.35. The highest BCUT2D eigenvalue weighted by atomic mass is 16.5. The fraction of sp³-hybridized carbons (Fsp3) is 0.579. The zero-order chi connectivity index (χ0) is 17.8. The van der Waals surface area contributed by atoms with Crippen LogP contribution in [0.1, 0.15) is 41.5 Å². The largest absolute Gasteiger partial charge is 0.491 e. The topological polar surface area (TPSA) is 74.3 Å². The number of aromatic nitrogens is 3. The van der Waals surface area contributed by atoms with Crippen LogP contribution >= 0.6 is 0 Å². The number of H-pyrrole nitrogens is 1. The summed E-state index contributed by atoms with van der Waals surface area (Å²) in [5.74, 6) is 3.08. The van der Waals surface area contributed by atoms with E-state index in [1.54, 1.807) is 0 Å². The number of hydrogen-bond acceptors (Lipinski definition) is 5. The number of likely N-dealkylation sites (tertiary alicyclic amines) is 1. The number of nitrogens with zero attached hydrogens (tertiary/aromatic N) is 3. The van der Waals surface area contributed by atoms with Crippen molar-refractivity contribution in [1.82, 2.24) is 20.1 Å². The number of aryl methyl sites for hydroxylation is 3. The second kappa shape index (κ2) is 7.97. The van der Waals surface area contributed by atoms with Crippen LogP contribution in [-0.4, -0.2) is 57.5 Å². The normalized spacial score (nSPS) is 17.6. The average molecular weight is 344 g/mol. The quantitative estimate of drug-likeness (QED) is 0.841. The van der Waals surface area contributed by atoms with Gasteiger partial charge in [-0.3, -0.25) is 5.10 Å². The molecule has 1 aliphatic heterocycles. The molecule has 1 aliphatic rings. The molecule has 1 aromatic carbocycles. The molecule has 0 radical (unpaired) electrons. The van der Waals surface area contributed by atoms with Gasteiger partial charge in [-0.1, -0.05) is 12.1 Å². The maximum Gasteiger partial charge on any atom is 0.153 e. The van der Waals surface area contributed by atoms with Gasteiger partial charge in [-0.05, 0) is 63.9 Å². The Morgan fingerprint density at radius 2 is 2.04 bits per heavy atom. The first kappa shape index (κ1) is 17.9. The van der Waals surface area contributed by atoms with Crippen molar-refractivity contribution >= 4 is 0 Å². The first-order chi connectivity index (χ1) is 12.0. The van der Waals surface area contributed by atoms with Crippen molar-refractivity contribution in [3.8, 4) is 5.75 Å². The van der Waals surface area contributed by atoms with Gasteiger partial charge in [-0.25, -0.2) is 4.98 Å². The number of hydrogen-bond donors (Lipinski definition) is 2. The van der Waals surface area contributed by atoms with Crippen molar-refractivity contribution in [3.63, 3.8) is 0 Å². The van der Waals surface area contributed by atoms with Gasteiger partial charge in [0.05, 0.1) is 0 Å². The highest BCUT2D eigenvalue weighted by Crippen LogP contribution is 2.25. The van der Waals surface area contributed by atoms with Crippen LogP contribution in [0.4, 0.5) is 0 Å². The van der Waals surface area contributed by atoms with E-state index in [9.17, 15) is 5.11 Å². The highest BCUT2D eigenvalue weighted by Gasteiger charge is 2.24. The molecule has 6 heteroatoms. The van der Waals surface area contributed by atoms with Gasteiger partial charge in [0.25, 0.3) is 0 Å². The van der Waals surface area contributed by atoms with Crippen LogP contribution < -0.4 is 4.74 Å². The minimum absolute atomic E-state index is 0.324. The fourth-order valence-electron chi connectivity index (χ4n) is 3.32. The van der Waals surface area contributed by atoms with Gasteiger partial charge in [0.15, 0.2) is 5.82 Å². The van der Waals surface area contributed by atoms with E-state index in [1.807, 2.05) is 32.9 Å². The van der Waals surface area contributed by atoms with Crippen molar-refractivity contribution in [2.75, 3.05) is 26.2 Å². The number of β-amino-alcohol motifs (C(OH)–C–C–N with tert-alkyl or cyclic N) is 1. The first-order valence-corrected chi connectivity index (χ1v) is 9.00. The van der Waals surface area contributed by atoms with Crippen LogP contribution in [0.15, 0.2) is 18.2 Å². The number of rotatable bonds is 6. The maximum atomic E-state index is 10.3. The molecule has 6 nitrogen and oxygen atoms in total. The zero-order valence-corrected chi connectivity index (χ0v) is 15.3. The number of aliphatic hydroxyl groups excluding tert-OH is 1. The number of benzene rings is 1. The van der Waals surface area contributed by atoms with Gasteiger partial charge in [-0.15, -0.1) is 0 Å². The van der Waals surface area contributed by atoms with E-state index in [2.05, 4.69) is 26.1 Å². The Hall–Kier alpha value is -1.92. The summed E-state index contributed by atoms with van der Waals surface area (Å²) in [4.78, 5) is 6.74. The number of piperidine rings is 1. The van der Waals surface area contributed by atoms with Crippen LogP contribution in [0.2, 0.25) is 0 Å². The molecule has 0 amide bonds. The lowest BCUT2D eigenvalue weighted by Crippen LogP contribution is -2.40. The van der Waals surface area contributed by atoms with Gasteiger partial charge in [0.2, 0.25) is 0 Å². The molecule has 0 aliphatic carbocycles. The molecule has 25 heavy (non-hydrogen) atoms.